The van der Waals surface area contributed by atoms with Gasteiger partial charge in [-0.25, -0.2) is 14.6 Å². The number of nitrogens with zero attached hydrogens (tertiary/aromatic N) is 3. The van der Waals surface area contributed by atoms with Gasteiger partial charge in [-0.1, -0.05) is 0 Å². The molecule has 2 amide bonds. The number of pyridine rings is 1. The number of rotatable bonds is 2. The first-order chi connectivity index (χ1) is 10.1. The van der Waals surface area contributed by atoms with Gasteiger partial charge in [0, 0.05) is 32.4 Å². The highest BCUT2D eigenvalue weighted by atomic mass is 16.5. The van der Waals surface area contributed by atoms with E-state index in [9.17, 15) is 9.59 Å². The molecule has 1 aromatic rings. The van der Waals surface area contributed by atoms with E-state index < -0.39 is 5.97 Å². The first-order valence-electron chi connectivity index (χ1n) is 6.74. The quantitative estimate of drug-likeness (QED) is 0.723. The van der Waals surface area contributed by atoms with Gasteiger partial charge in [0.25, 0.3) is 0 Å². The Bertz CT molecular complexity index is 591. The molecule has 0 saturated carbocycles. The van der Waals surface area contributed by atoms with E-state index in [1.54, 1.807) is 12.3 Å². The Labute approximate surface area is 121 Å². The van der Waals surface area contributed by atoms with Crippen LogP contribution in [0.2, 0.25) is 0 Å². The summed E-state index contributed by atoms with van der Waals surface area (Å²) in [5.41, 5.74) is 6.68. The van der Waals surface area contributed by atoms with Crippen LogP contribution in [0, 0.1) is 0 Å². The molecule has 0 radical (unpaired) electrons. The lowest BCUT2D eigenvalue weighted by Crippen LogP contribution is -2.52. The zero-order valence-electron chi connectivity index (χ0n) is 11.7. The van der Waals surface area contributed by atoms with Crippen LogP contribution in [0.4, 0.5) is 16.3 Å². The molecule has 0 bridgehead atoms. The smallest absolute Gasteiger partial charge is 0.340 e. The third-order valence-corrected chi connectivity index (χ3v) is 3.91. The van der Waals surface area contributed by atoms with Crippen LogP contribution < -0.4 is 16.0 Å². The highest BCUT2D eigenvalue weighted by Gasteiger charge is 2.36. The number of ether oxygens (including phenoxy) is 1. The van der Waals surface area contributed by atoms with Crippen LogP contribution >= 0.6 is 0 Å². The van der Waals surface area contributed by atoms with Crippen molar-refractivity contribution >= 4 is 23.5 Å². The molecule has 3 N–H and O–H groups in total. The Hall–Kier alpha value is -2.51. The van der Waals surface area contributed by atoms with Crippen LogP contribution in [-0.2, 0) is 4.74 Å². The van der Waals surface area contributed by atoms with Gasteiger partial charge in [-0.05, 0) is 6.07 Å². The Balaban J connectivity index is 1.85. The van der Waals surface area contributed by atoms with E-state index in [1.165, 1.54) is 7.11 Å². The molecule has 2 saturated heterocycles. The monoisotopic (exact) mass is 291 g/mol. The lowest BCUT2D eigenvalue weighted by Gasteiger charge is -2.37. The van der Waals surface area contributed by atoms with Crippen LogP contribution in [0.15, 0.2) is 12.3 Å². The maximum absolute atomic E-state index is 11.7. The standard InChI is InChI=1S/C13H17N5O3/c1-21-12(19)9-2-3-15-11(10(9)14)17-4-5-18-8(7-17)6-16-13(18)20/h2-3,8H,4-7,14H2,1H3,(H,16,20). The van der Waals surface area contributed by atoms with E-state index in [0.717, 1.165) is 0 Å². The fraction of sp³-hybridized carbons (Fsp3) is 0.462. The second-order valence-electron chi connectivity index (χ2n) is 5.07. The van der Waals surface area contributed by atoms with Crippen molar-refractivity contribution in [2.45, 2.75) is 6.04 Å². The molecule has 3 heterocycles. The van der Waals surface area contributed by atoms with Gasteiger partial charge in [-0.2, -0.15) is 0 Å². The van der Waals surface area contributed by atoms with E-state index in [0.29, 0.717) is 43.2 Å². The molecule has 3 rings (SSSR count). The fourth-order valence-electron chi connectivity index (χ4n) is 2.80. The SMILES string of the molecule is COC(=O)c1ccnc(N2CCN3C(=O)NCC3C2)c1N. The van der Waals surface area contributed by atoms with Crippen molar-refractivity contribution in [3.05, 3.63) is 17.8 Å². The minimum atomic E-state index is -0.479. The summed E-state index contributed by atoms with van der Waals surface area (Å²) in [6.45, 7) is 2.50. The number of methoxy groups -OCH3 is 1. The number of carbonyl (C=O) groups is 2. The molecule has 8 heteroatoms. The molecule has 2 aliphatic rings. The normalized spacial score (nSPS) is 21.0. The van der Waals surface area contributed by atoms with Crippen molar-refractivity contribution in [3.8, 4) is 0 Å². The summed E-state index contributed by atoms with van der Waals surface area (Å²) in [7, 11) is 1.32. The van der Waals surface area contributed by atoms with E-state index in [4.69, 9.17) is 10.5 Å². The number of anilines is 2. The minimum Gasteiger partial charge on any atom is -0.465 e. The Morgan fingerprint density at radius 3 is 3.10 bits per heavy atom. The molecule has 1 unspecified atom stereocenters. The van der Waals surface area contributed by atoms with Crippen molar-refractivity contribution in [1.82, 2.24) is 15.2 Å². The lowest BCUT2D eigenvalue weighted by molar-refractivity contribution is 0.0602. The number of nitrogens with one attached hydrogen (secondary N) is 1. The minimum absolute atomic E-state index is 0.0242. The third kappa shape index (κ3) is 2.22. The Kier molecular flexibility index (Phi) is 3.28. The predicted octanol–water partition coefficient (Wildman–Crippen LogP) is -0.336. The first-order valence-corrected chi connectivity index (χ1v) is 6.74. The number of nitrogen functional groups attached to an aromatic ring is 1. The molecule has 0 aliphatic carbocycles. The average Bonchev–Trinajstić information content (AvgIpc) is 2.87. The van der Waals surface area contributed by atoms with Crippen molar-refractivity contribution in [1.29, 1.82) is 0 Å². The summed E-state index contributed by atoms with van der Waals surface area (Å²) >= 11 is 0. The largest absolute Gasteiger partial charge is 0.465 e. The number of esters is 1. The zero-order valence-corrected chi connectivity index (χ0v) is 11.7. The van der Waals surface area contributed by atoms with Crippen LogP contribution in [0.5, 0.6) is 0 Å². The number of fused-ring (bicyclic) bond motifs is 1. The van der Waals surface area contributed by atoms with E-state index in [-0.39, 0.29) is 12.1 Å². The number of carbonyl (C=O) groups excluding carboxylic acids is 2. The Morgan fingerprint density at radius 1 is 1.52 bits per heavy atom. The lowest BCUT2D eigenvalue weighted by atomic mass is 10.1. The van der Waals surface area contributed by atoms with E-state index >= 15 is 0 Å². The van der Waals surface area contributed by atoms with Crippen LogP contribution in [-0.4, -0.2) is 61.2 Å². The van der Waals surface area contributed by atoms with Gasteiger partial charge in [-0.3, -0.25) is 0 Å². The van der Waals surface area contributed by atoms with Gasteiger partial charge in [0.2, 0.25) is 0 Å². The highest BCUT2D eigenvalue weighted by molar-refractivity contribution is 5.97. The average molecular weight is 291 g/mol. The fourth-order valence-corrected chi connectivity index (χ4v) is 2.80. The molecule has 2 fully saturated rings. The topological polar surface area (TPSA) is 101 Å². The Morgan fingerprint density at radius 2 is 2.33 bits per heavy atom. The number of hydrogen-bond donors (Lipinski definition) is 2. The third-order valence-electron chi connectivity index (χ3n) is 3.91. The number of hydrogen-bond acceptors (Lipinski definition) is 6. The number of urea groups is 1. The van der Waals surface area contributed by atoms with Crippen molar-refractivity contribution in [2.24, 2.45) is 0 Å². The predicted molar refractivity (Wildman–Crippen MR) is 76.1 cm³/mol. The molecule has 0 spiro atoms. The summed E-state index contributed by atoms with van der Waals surface area (Å²) in [5.74, 6) is 0.0874. The maximum atomic E-state index is 11.7. The molecular weight excluding hydrogens is 274 g/mol. The number of nitrogens with two attached hydrogens (primary N) is 1. The molecule has 2 aliphatic heterocycles. The summed E-state index contributed by atoms with van der Waals surface area (Å²) in [5, 5.41) is 2.82. The van der Waals surface area contributed by atoms with Crippen LogP contribution in [0.25, 0.3) is 0 Å². The van der Waals surface area contributed by atoms with Crippen molar-refractivity contribution in [3.63, 3.8) is 0 Å². The van der Waals surface area contributed by atoms with Crippen molar-refractivity contribution in [2.75, 3.05) is 43.9 Å². The number of piperazine rings is 1. The summed E-state index contributed by atoms with van der Waals surface area (Å²) < 4.78 is 4.71. The van der Waals surface area contributed by atoms with Crippen LogP contribution in [0.3, 0.4) is 0 Å². The second kappa shape index (κ2) is 5.12. The number of amides is 2. The summed E-state index contributed by atoms with van der Waals surface area (Å²) in [4.78, 5) is 31.4. The van der Waals surface area contributed by atoms with Gasteiger partial charge in [0.15, 0.2) is 5.82 Å². The molecule has 21 heavy (non-hydrogen) atoms. The number of aromatic nitrogens is 1. The zero-order chi connectivity index (χ0) is 15.0. The molecule has 8 nitrogen and oxygen atoms in total. The van der Waals surface area contributed by atoms with Crippen molar-refractivity contribution < 1.29 is 14.3 Å². The van der Waals surface area contributed by atoms with E-state index in [2.05, 4.69) is 10.3 Å². The van der Waals surface area contributed by atoms with Gasteiger partial charge in [0.05, 0.1) is 24.4 Å². The maximum Gasteiger partial charge on any atom is 0.340 e. The molecule has 1 atom stereocenters. The molecule has 1 aromatic heterocycles. The van der Waals surface area contributed by atoms with Gasteiger partial charge in [-0.15, -0.1) is 0 Å². The van der Waals surface area contributed by atoms with Gasteiger partial charge >= 0.3 is 12.0 Å². The van der Waals surface area contributed by atoms with Gasteiger partial charge in [0.1, 0.15) is 0 Å². The summed E-state index contributed by atoms with van der Waals surface area (Å²) in [6.07, 6.45) is 1.54. The second-order valence-corrected chi connectivity index (χ2v) is 5.07. The first kappa shape index (κ1) is 13.5. The summed E-state index contributed by atoms with van der Waals surface area (Å²) in [6, 6.07) is 1.62. The molecule has 112 valence electrons. The molecule has 0 aromatic carbocycles. The molecular formula is C13H17N5O3. The van der Waals surface area contributed by atoms with E-state index in [1.807, 2.05) is 9.80 Å². The highest BCUT2D eigenvalue weighted by Crippen LogP contribution is 2.27. The van der Waals surface area contributed by atoms with Gasteiger partial charge < -0.3 is 25.6 Å². The van der Waals surface area contributed by atoms with Crippen LogP contribution in [0.1, 0.15) is 10.4 Å².